The van der Waals surface area contributed by atoms with Gasteiger partial charge >= 0.3 is 0 Å². The van der Waals surface area contributed by atoms with Crippen molar-refractivity contribution in [1.29, 1.82) is 0 Å². The van der Waals surface area contributed by atoms with Gasteiger partial charge in [0.2, 0.25) is 10.0 Å². The van der Waals surface area contributed by atoms with Crippen molar-refractivity contribution in [2.75, 3.05) is 25.9 Å². The zero-order valence-corrected chi connectivity index (χ0v) is 16.1. The normalized spacial score (nSPS) is 28.1. The molecule has 2 aliphatic heterocycles. The maximum Gasteiger partial charge on any atom is 0.211 e. The average molecular weight is 377 g/mol. The lowest BCUT2D eigenvalue weighted by Gasteiger charge is -2.46. The molecule has 6 heteroatoms. The topological polar surface area (TPSA) is 40.6 Å². The standard InChI is InChI=1S/C19H24N2O2S2/c1-25(22,23)21-12-10-19(16-6-3-2-4-7-16)9-11-20(15-18(19)21)14-17-8-5-13-24-17/h2-8,13,18H,9-12,14-15H2,1H3/t18-,19-/m1/s1. The van der Waals surface area contributed by atoms with E-state index in [1.54, 1.807) is 15.6 Å². The molecule has 2 saturated heterocycles. The van der Waals surface area contributed by atoms with Gasteiger partial charge < -0.3 is 0 Å². The van der Waals surface area contributed by atoms with E-state index in [1.165, 1.54) is 16.7 Å². The van der Waals surface area contributed by atoms with Crippen LogP contribution in [0, 0.1) is 0 Å². The van der Waals surface area contributed by atoms with E-state index in [0.29, 0.717) is 6.54 Å². The summed E-state index contributed by atoms with van der Waals surface area (Å²) in [7, 11) is -3.20. The van der Waals surface area contributed by atoms with Gasteiger partial charge in [-0.15, -0.1) is 11.3 Å². The number of benzene rings is 1. The number of hydrogen-bond acceptors (Lipinski definition) is 4. The summed E-state index contributed by atoms with van der Waals surface area (Å²) in [6.45, 7) is 3.36. The molecule has 4 rings (SSSR count). The van der Waals surface area contributed by atoms with Crippen molar-refractivity contribution in [2.24, 2.45) is 0 Å². The Hall–Kier alpha value is -1.21. The Morgan fingerprint density at radius 1 is 1.12 bits per heavy atom. The second kappa shape index (κ2) is 6.50. The fraction of sp³-hybridized carbons (Fsp3) is 0.474. The minimum Gasteiger partial charge on any atom is -0.297 e. The average Bonchev–Trinajstić information content (AvgIpc) is 3.23. The number of rotatable bonds is 4. The fourth-order valence-corrected chi connectivity index (χ4v) is 6.47. The highest BCUT2D eigenvalue weighted by Crippen LogP contribution is 2.46. The van der Waals surface area contributed by atoms with Crippen LogP contribution in [-0.2, 0) is 22.0 Å². The van der Waals surface area contributed by atoms with Crippen LogP contribution in [0.5, 0.6) is 0 Å². The quantitative estimate of drug-likeness (QED) is 0.824. The molecule has 0 N–H and O–H groups in total. The van der Waals surface area contributed by atoms with Gasteiger partial charge in [-0.25, -0.2) is 8.42 Å². The lowest BCUT2D eigenvalue weighted by Crippen LogP contribution is -2.56. The molecule has 0 radical (unpaired) electrons. The van der Waals surface area contributed by atoms with Crippen LogP contribution in [-0.4, -0.2) is 49.6 Å². The summed E-state index contributed by atoms with van der Waals surface area (Å²) < 4.78 is 26.5. The van der Waals surface area contributed by atoms with Crippen molar-refractivity contribution in [3.63, 3.8) is 0 Å². The van der Waals surface area contributed by atoms with Crippen LogP contribution in [0.1, 0.15) is 23.3 Å². The first-order valence-electron chi connectivity index (χ1n) is 8.76. The van der Waals surface area contributed by atoms with Gasteiger partial charge in [0.25, 0.3) is 0 Å². The van der Waals surface area contributed by atoms with Crippen molar-refractivity contribution in [3.8, 4) is 0 Å². The van der Waals surface area contributed by atoms with E-state index in [-0.39, 0.29) is 11.5 Å². The maximum atomic E-state index is 12.4. The van der Waals surface area contributed by atoms with Crippen LogP contribution in [0.25, 0.3) is 0 Å². The summed E-state index contributed by atoms with van der Waals surface area (Å²) in [6, 6.07) is 14.8. The fourth-order valence-electron chi connectivity index (χ4n) is 4.57. The van der Waals surface area contributed by atoms with E-state index in [2.05, 4.69) is 46.7 Å². The molecule has 0 aliphatic carbocycles. The second-order valence-electron chi connectivity index (χ2n) is 7.23. The molecule has 0 bridgehead atoms. The molecular formula is C19H24N2O2S2. The Morgan fingerprint density at radius 3 is 2.56 bits per heavy atom. The summed E-state index contributed by atoms with van der Waals surface area (Å²) in [5.41, 5.74) is 1.25. The molecule has 2 aromatic rings. The monoisotopic (exact) mass is 376 g/mol. The van der Waals surface area contributed by atoms with Gasteiger partial charge in [-0.05, 0) is 36.4 Å². The summed E-state index contributed by atoms with van der Waals surface area (Å²) >= 11 is 1.77. The molecule has 0 saturated carbocycles. The molecule has 2 fully saturated rings. The third-order valence-electron chi connectivity index (χ3n) is 5.80. The van der Waals surface area contributed by atoms with Crippen molar-refractivity contribution in [1.82, 2.24) is 9.21 Å². The van der Waals surface area contributed by atoms with Gasteiger partial charge in [0.15, 0.2) is 0 Å². The summed E-state index contributed by atoms with van der Waals surface area (Å²) in [6.07, 6.45) is 3.28. The zero-order valence-electron chi connectivity index (χ0n) is 14.5. The van der Waals surface area contributed by atoms with Gasteiger partial charge in [0.05, 0.1) is 6.26 Å². The van der Waals surface area contributed by atoms with E-state index in [0.717, 1.165) is 32.5 Å². The lowest BCUT2D eigenvalue weighted by molar-refractivity contribution is 0.111. The van der Waals surface area contributed by atoms with E-state index in [4.69, 9.17) is 0 Å². The number of nitrogens with zero attached hydrogens (tertiary/aromatic N) is 2. The van der Waals surface area contributed by atoms with Crippen LogP contribution in [0.4, 0.5) is 0 Å². The molecule has 25 heavy (non-hydrogen) atoms. The van der Waals surface area contributed by atoms with Crippen LogP contribution in [0.15, 0.2) is 47.8 Å². The summed E-state index contributed by atoms with van der Waals surface area (Å²) in [4.78, 5) is 3.76. The Morgan fingerprint density at radius 2 is 1.88 bits per heavy atom. The Labute approximate surface area is 154 Å². The minimum atomic E-state index is -3.20. The third-order valence-corrected chi connectivity index (χ3v) is 7.95. The predicted molar refractivity (Wildman–Crippen MR) is 102 cm³/mol. The number of piperidine rings is 1. The Balaban J connectivity index is 1.66. The second-order valence-corrected chi connectivity index (χ2v) is 10.2. The van der Waals surface area contributed by atoms with Crippen molar-refractivity contribution in [2.45, 2.75) is 30.8 Å². The zero-order chi connectivity index (χ0) is 17.5. The largest absolute Gasteiger partial charge is 0.297 e. The molecule has 0 amide bonds. The predicted octanol–water partition coefficient (Wildman–Crippen LogP) is 2.93. The smallest absolute Gasteiger partial charge is 0.211 e. The molecular weight excluding hydrogens is 352 g/mol. The highest BCUT2D eigenvalue weighted by Gasteiger charge is 2.53. The van der Waals surface area contributed by atoms with Crippen LogP contribution in [0.3, 0.4) is 0 Å². The number of sulfonamides is 1. The highest BCUT2D eigenvalue weighted by atomic mass is 32.2. The van der Waals surface area contributed by atoms with Gasteiger partial charge in [-0.3, -0.25) is 4.90 Å². The summed E-state index contributed by atoms with van der Waals surface area (Å²) in [5.74, 6) is 0. The van der Waals surface area contributed by atoms with Crippen molar-refractivity contribution in [3.05, 3.63) is 58.3 Å². The lowest BCUT2D eigenvalue weighted by atomic mass is 9.69. The number of hydrogen-bond donors (Lipinski definition) is 0. The van der Waals surface area contributed by atoms with Gasteiger partial charge in [0, 0.05) is 36.0 Å². The first kappa shape index (κ1) is 17.2. The highest BCUT2D eigenvalue weighted by molar-refractivity contribution is 7.88. The minimum absolute atomic E-state index is 0.0265. The first-order chi connectivity index (χ1) is 12.0. The van der Waals surface area contributed by atoms with Gasteiger partial charge in [0.1, 0.15) is 0 Å². The van der Waals surface area contributed by atoms with Gasteiger partial charge in [-0.2, -0.15) is 4.31 Å². The number of fused-ring (bicyclic) bond motifs is 1. The van der Waals surface area contributed by atoms with E-state index < -0.39 is 10.0 Å². The maximum absolute atomic E-state index is 12.4. The third kappa shape index (κ3) is 3.16. The molecule has 0 unspecified atom stereocenters. The molecule has 3 heterocycles. The molecule has 1 aromatic heterocycles. The number of likely N-dealkylation sites (tertiary alicyclic amines) is 1. The van der Waals surface area contributed by atoms with Crippen molar-refractivity contribution >= 4 is 21.4 Å². The van der Waals surface area contributed by atoms with Crippen LogP contribution >= 0.6 is 11.3 Å². The van der Waals surface area contributed by atoms with Crippen LogP contribution in [0.2, 0.25) is 0 Å². The molecule has 2 aliphatic rings. The van der Waals surface area contributed by atoms with Crippen molar-refractivity contribution < 1.29 is 8.42 Å². The summed E-state index contributed by atoms with van der Waals surface area (Å²) in [5, 5.41) is 2.10. The van der Waals surface area contributed by atoms with E-state index in [9.17, 15) is 8.42 Å². The number of thiophene rings is 1. The first-order valence-corrected chi connectivity index (χ1v) is 11.5. The molecule has 0 spiro atoms. The van der Waals surface area contributed by atoms with E-state index >= 15 is 0 Å². The molecule has 134 valence electrons. The molecule has 2 atom stereocenters. The molecule has 1 aromatic carbocycles. The van der Waals surface area contributed by atoms with Gasteiger partial charge in [-0.1, -0.05) is 36.4 Å². The molecule has 4 nitrogen and oxygen atoms in total. The van der Waals surface area contributed by atoms with E-state index in [1.807, 2.05) is 6.07 Å². The Kier molecular flexibility index (Phi) is 4.48. The SMILES string of the molecule is CS(=O)(=O)N1CC[C@@]2(c3ccccc3)CCN(Cc3cccs3)C[C@@H]12. The van der Waals surface area contributed by atoms with Crippen LogP contribution < -0.4 is 0 Å². The Bertz CT molecular complexity index is 820.